The first kappa shape index (κ1) is 14.8. The van der Waals surface area contributed by atoms with Crippen LogP contribution >= 0.6 is 0 Å². The molecule has 2 rings (SSSR count). The van der Waals surface area contributed by atoms with Crippen molar-refractivity contribution in [1.29, 1.82) is 0 Å². The highest BCUT2D eigenvalue weighted by atomic mass is 19.4. The molecule has 0 aliphatic heterocycles. The largest absolute Gasteiger partial charge is 0.494 e. The number of rotatable bonds is 6. The van der Waals surface area contributed by atoms with Gasteiger partial charge in [-0.1, -0.05) is 6.92 Å². The van der Waals surface area contributed by atoms with Crippen molar-refractivity contribution < 1.29 is 17.9 Å². The van der Waals surface area contributed by atoms with E-state index in [9.17, 15) is 13.2 Å². The van der Waals surface area contributed by atoms with Gasteiger partial charge in [0.05, 0.1) is 6.61 Å². The van der Waals surface area contributed by atoms with E-state index in [-0.39, 0.29) is 6.42 Å². The maximum absolute atomic E-state index is 12.1. The minimum atomic E-state index is -4.08. The molecule has 0 aliphatic carbocycles. The van der Waals surface area contributed by atoms with Gasteiger partial charge in [-0.05, 0) is 37.1 Å². The van der Waals surface area contributed by atoms with E-state index in [1.165, 1.54) is 0 Å². The second-order valence-corrected chi connectivity index (χ2v) is 4.80. The predicted octanol–water partition coefficient (Wildman–Crippen LogP) is 4.77. The zero-order valence-corrected chi connectivity index (χ0v) is 11.4. The molecule has 0 unspecified atom stereocenters. The van der Waals surface area contributed by atoms with Crippen LogP contribution in [0.1, 0.15) is 26.2 Å². The Morgan fingerprint density at radius 2 is 2.00 bits per heavy atom. The van der Waals surface area contributed by atoms with E-state index < -0.39 is 12.6 Å². The number of aromatic nitrogens is 1. The summed E-state index contributed by atoms with van der Waals surface area (Å²) in [5.74, 6) is 0.799. The van der Waals surface area contributed by atoms with Crippen molar-refractivity contribution >= 4 is 10.9 Å². The third-order valence-electron chi connectivity index (χ3n) is 3.07. The minimum absolute atomic E-state index is 0.0986. The third-order valence-corrected chi connectivity index (χ3v) is 3.07. The van der Waals surface area contributed by atoms with Gasteiger partial charge in [0.15, 0.2) is 0 Å². The molecule has 0 N–H and O–H groups in total. The van der Waals surface area contributed by atoms with Gasteiger partial charge in [-0.2, -0.15) is 13.2 Å². The molecule has 20 heavy (non-hydrogen) atoms. The Morgan fingerprint density at radius 1 is 1.20 bits per heavy atom. The van der Waals surface area contributed by atoms with Gasteiger partial charge < -0.3 is 9.30 Å². The summed E-state index contributed by atoms with van der Waals surface area (Å²) < 4.78 is 43.8. The number of hydrogen-bond donors (Lipinski definition) is 0. The topological polar surface area (TPSA) is 14.2 Å². The quantitative estimate of drug-likeness (QED) is 0.745. The fraction of sp³-hybridized carbons (Fsp3) is 0.467. The van der Waals surface area contributed by atoms with Crippen molar-refractivity contribution in [2.45, 2.75) is 38.9 Å². The molecule has 0 amide bonds. The fourth-order valence-electron chi connectivity index (χ4n) is 2.13. The molecule has 0 spiro atoms. The third kappa shape index (κ3) is 3.92. The highest BCUT2D eigenvalue weighted by molar-refractivity contribution is 5.81. The molecular formula is C15H18F3NO. The van der Waals surface area contributed by atoms with Gasteiger partial charge in [0.2, 0.25) is 0 Å². The number of fused-ring (bicyclic) bond motifs is 1. The first-order valence-electron chi connectivity index (χ1n) is 6.78. The summed E-state index contributed by atoms with van der Waals surface area (Å²) in [7, 11) is 0. The molecule has 1 aromatic heterocycles. The molecule has 110 valence electrons. The van der Waals surface area contributed by atoms with Crippen molar-refractivity contribution in [2.24, 2.45) is 0 Å². The lowest BCUT2D eigenvalue weighted by Crippen LogP contribution is -2.08. The first-order valence-corrected chi connectivity index (χ1v) is 6.78. The van der Waals surface area contributed by atoms with Crippen LogP contribution in [0.4, 0.5) is 13.2 Å². The standard InChI is InChI=1S/C15H18F3NO/c1-2-10-20-13-4-5-14-12(11-13)6-9-19(14)8-3-7-15(16,17)18/h4-6,9,11H,2-3,7-8,10H2,1H3. The van der Waals surface area contributed by atoms with Crippen LogP contribution in [0.15, 0.2) is 30.5 Å². The van der Waals surface area contributed by atoms with Gasteiger partial charge in [-0.3, -0.25) is 0 Å². The number of ether oxygens (including phenoxy) is 1. The molecule has 2 nitrogen and oxygen atoms in total. The summed E-state index contributed by atoms with van der Waals surface area (Å²) >= 11 is 0. The smallest absolute Gasteiger partial charge is 0.389 e. The molecule has 0 fully saturated rings. The van der Waals surface area contributed by atoms with Crippen LogP contribution in [0.5, 0.6) is 5.75 Å². The van der Waals surface area contributed by atoms with Crippen LogP contribution in [0.3, 0.4) is 0 Å². The van der Waals surface area contributed by atoms with E-state index in [0.29, 0.717) is 13.2 Å². The molecule has 0 bridgehead atoms. The molecule has 0 atom stereocenters. The average Bonchev–Trinajstić information content (AvgIpc) is 2.77. The van der Waals surface area contributed by atoms with E-state index in [2.05, 4.69) is 0 Å². The molecule has 0 saturated carbocycles. The summed E-state index contributed by atoms with van der Waals surface area (Å²) in [6.45, 7) is 3.08. The molecular weight excluding hydrogens is 267 g/mol. The maximum Gasteiger partial charge on any atom is 0.389 e. The first-order chi connectivity index (χ1) is 9.49. The monoisotopic (exact) mass is 285 g/mol. The van der Waals surface area contributed by atoms with Crippen LogP contribution in [-0.4, -0.2) is 17.4 Å². The van der Waals surface area contributed by atoms with Crippen LogP contribution in [-0.2, 0) is 6.54 Å². The summed E-state index contributed by atoms with van der Waals surface area (Å²) in [6, 6.07) is 7.58. The van der Waals surface area contributed by atoms with Crippen molar-refractivity contribution in [3.8, 4) is 5.75 Å². The Kier molecular flexibility index (Phi) is 4.57. The predicted molar refractivity (Wildman–Crippen MR) is 73.0 cm³/mol. The van der Waals surface area contributed by atoms with Gasteiger partial charge in [0.25, 0.3) is 0 Å². The zero-order chi connectivity index (χ0) is 14.6. The summed E-state index contributed by atoms with van der Waals surface area (Å²) in [4.78, 5) is 0. The Morgan fingerprint density at radius 3 is 2.70 bits per heavy atom. The van der Waals surface area contributed by atoms with E-state index in [4.69, 9.17) is 4.74 Å². The summed E-state index contributed by atoms with van der Waals surface area (Å²) in [5.41, 5.74) is 0.941. The second-order valence-electron chi connectivity index (χ2n) is 4.80. The number of hydrogen-bond acceptors (Lipinski definition) is 1. The highest BCUT2D eigenvalue weighted by Gasteiger charge is 2.26. The van der Waals surface area contributed by atoms with Crippen LogP contribution in [0.25, 0.3) is 10.9 Å². The van der Waals surface area contributed by atoms with E-state index >= 15 is 0 Å². The molecule has 5 heteroatoms. The van der Waals surface area contributed by atoms with Crippen LogP contribution < -0.4 is 4.74 Å². The van der Waals surface area contributed by atoms with Crippen molar-refractivity contribution in [3.63, 3.8) is 0 Å². The Bertz CT molecular complexity index is 560. The molecule has 2 aromatic rings. The second kappa shape index (κ2) is 6.20. The van der Waals surface area contributed by atoms with Gasteiger partial charge in [-0.25, -0.2) is 0 Å². The summed E-state index contributed by atoms with van der Waals surface area (Å²) in [6.07, 6.45) is -1.96. The minimum Gasteiger partial charge on any atom is -0.494 e. The van der Waals surface area contributed by atoms with Crippen molar-refractivity contribution in [2.75, 3.05) is 6.61 Å². The number of alkyl halides is 3. The van der Waals surface area contributed by atoms with Crippen LogP contribution in [0, 0.1) is 0 Å². The summed E-state index contributed by atoms with van der Waals surface area (Å²) in [5, 5.41) is 0.991. The van der Waals surface area contributed by atoms with Gasteiger partial charge >= 0.3 is 6.18 Å². The number of halogens is 3. The maximum atomic E-state index is 12.1. The van der Waals surface area contributed by atoms with Gasteiger partial charge in [0, 0.05) is 30.1 Å². The Balaban J connectivity index is 2.04. The van der Waals surface area contributed by atoms with Crippen molar-refractivity contribution in [3.05, 3.63) is 30.5 Å². The lowest BCUT2D eigenvalue weighted by Gasteiger charge is -2.09. The highest BCUT2D eigenvalue weighted by Crippen LogP contribution is 2.25. The van der Waals surface area contributed by atoms with Crippen LogP contribution in [0.2, 0.25) is 0 Å². The average molecular weight is 285 g/mol. The lowest BCUT2D eigenvalue weighted by molar-refractivity contribution is -0.135. The van der Waals surface area contributed by atoms with Gasteiger partial charge in [-0.15, -0.1) is 0 Å². The molecule has 1 heterocycles. The molecule has 1 aromatic carbocycles. The number of nitrogens with zero attached hydrogens (tertiary/aromatic N) is 1. The molecule has 0 saturated heterocycles. The number of aryl methyl sites for hydroxylation is 1. The Labute approximate surface area is 116 Å². The van der Waals surface area contributed by atoms with E-state index in [1.54, 1.807) is 0 Å². The Hall–Kier alpha value is -1.65. The molecule has 0 aliphatic rings. The number of benzene rings is 1. The SMILES string of the molecule is CCCOc1ccc2c(ccn2CCCC(F)(F)F)c1. The van der Waals surface area contributed by atoms with Gasteiger partial charge in [0.1, 0.15) is 5.75 Å². The zero-order valence-electron chi connectivity index (χ0n) is 11.4. The van der Waals surface area contributed by atoms with E-state index in [0.717, 1.165) is 23.1 Å². The van der Waals surface area contributed by atoms with E-state index in [1.807, 2.05) is 42.0 Å². The van der Waals surface area contributed by atoms with Crippen molar-refractivity contribution in [1.82, 2.24) is 4.57 Å². The fourth-order valence-corrected chi connectivity index (χ4v) is 2.13. The molecule has 0 radical (unpaired) electrons. The normalized spacial score (nSPS) is 12.0. The lowest BCUT2D eigenvalue weighted by atomic mass is 10.2.